The molecule has 1 heterocycles. The summed E-state index contributed by atoms with van der Waals surface area (Å²) in [5, 5.41) is 10.5. The van der Waals surface area contributed by atoms with Crippen LogP contribution in [0.5, 0.6) is 0 Å². The molecule has 5 nitrogen and oxygen atoms in total. The highest BCUT2D eigenvalue weighted by molar-refractivity contribution is 7.89. The van der Waals surface area contributed by atoms with Crippen molar-refractivity contribution >= 4 is 20.9 Å². The minimum absolute atomic E-state index is 0.291. The number of benzene rings is 2. The summed E-state index contributed by atoms with van der Waals surface area (Å²) in [6.45, 7) is 9.97. The molecule has 3 aromatic rings. The molecule has 0 aliphatic rings. The molecule has 0 saturated heterocycles. The number of sulfonamides is 1. The zero-order valence-corrected chi connectivity index (χ0v) is 18.4. The monoisotopic (exact) mass is 409 g/mol. The van der Waals surface area contributed by atoms with Gasteiger partial charge in [-0.3, -0.25) is 0 Å². The predicted octanol–water partition coefficient (Wildman–Crippen LogP) is 4.50. The SMILES string of the molecule is CC[C@@H](Cn1c(C)c(C#N)c2ccccc21)NS(=O)(=O)c1c(C)cc(C)cc1C. The van der Waals surface area contributed by atoms with Crippen LogP contribution in [-0.4, -0.2) is 19.0 Å². The second kappa shape index (κ2) is 8.02. The van der Waals surface area contributed by atoms with E-state index in [0.29, 0.717) is 23.4 Å². The molecule has 1 aromatic heterocycles. The molecule has 3 rings (SSSR count). The van der Waals surface area contributed by atoms with Gasteiger partial charge in [-0.25, -0.2) is 13.1 Å². The van der Waals surface area contributed by atoms with Crippen LogP contribution in [0.2, 0.25) is 0 Å². The van der Waals surface area contributed by atoms with Gasteiger partial charge in [0.2, 0.25) is 10.0 Å². The van der Waals surface area contributed by atoms with Crippen LogP contribution in [0.15, 0.2) is 41.3 Å². The second-order valence-electron chi connectivity index (χ2n) is 7.65. The van der Waals surface area contributed by atoms with E-state index >= 15 is 0 Å². The number of hydrogen-bond donors (Lipinski definition) is 1. The van der Waals surface area contributed by atoms with Gasteiger partial charge in [-0.1, -0.05) is 42.8 Å². The molecule has 0 saturated carbocycles. The van der Waals surface area contributed by atoms with Crippen molar-refractivity contribution in [2.75, 3.05) is 0 Å². The van der Waals surface area contributed by atoms with Gasteiger partial charge in [-0.2, -0.15) is 5.26 Å². The first-order chi connectivity index (χ1) is 13.7. The molecule has 0 radical (unpaired) electrons. The van der Waals surface area contributed by atoms with Gasteiger partial charge < -0.3 is 4.57 Å². The molecule has 1 N–H and O–H groups in total. The van der Waals surface area contributed by atoms with Crippen LogP contribution in [-0.2, 0) is 16.6 Å². The Labute approximate surface area is 173 Å². The maximum absolute atomic E-state index is 13.2. The summed E-state index contributed by atoms with van der Waals surface area (Å²) in [7, 11) is -3.66. The highest BCUT2D eigenvalue weighted by atomic mass is 32.2. The topological polar surface area (TPSA) is 74.9 Å². The normalized spacial score (nSPS) is 12.8. The third-order valence-electron chi connectivity index (χ3n) is 5.43. The molecular weight excluding hydrogens is 382 g/mol. The number of aromatic nitrogens is 1. The maximum Gasteiger partial charge on any atom is 0.241 e. The van der Waals surface area contributed by atoms with Crippen LogP contribution >= 0.6 is 0 Å². The number of hydrogen-bond acceptors (Lipinski definition) is 3. The average molecular weight is 410 g/mol. The lowest BCUT2D eigenvalue weighted by Gasteiger charge is -2.21. The number of aryl methyl sites for hydroxylation is 3. The summed E-state index contributed by atoms with van der Waals surface area (Å²) in [5.41, 5.74) is 4.99. The molecule has 29 heavy (non-hydrogen) atoms. The van der Waals surface area contributed by atoms with E-state index in [9.17, 15) is 13.7 Å². The van der Waals surface area contributed by atoms with E-state index in [-0.39, 0.29) is 6.04 Å². The number of fused-ring (bicyclic) bond motifs is 1. The molecule has 0 aliphatic heterocycles. The summed E-state index contributed by atoms with van der Waals surface area (Å²) >= 11 is 0. The van der Waals surface area contributed by atoms with Crippen LogP contribution in [0.25, 0.3) is 10.9 Å². The third-order valence-corrected chi connectivity index (χ3v) is 7.26. The van der Waals surface area contributed by atoms with Gasteiger partial charge in [0.25, 0.3) is 0 Å². The quantitative estimate of drug-likeness (QED) is 0.651. The summed E-state index contributed by atoms with van der Waals surface area (Å²) in [6.07, 6.45) is 0.636. The van der Waals surface area contributed by atoms with E-state index in [1.807, 2.05) is 75.6 Å². The minimum atomic E-state index is -3.66. The standard InChI is InChI=1S/C23H27N3O2S/c1-6-19(25-29(27,28)23-16(3)11-15(2)12-17(23)4)14-26-18(5)21(13-24)20-9-7-8-10-22(20)26/h7-12,19,25H,6,14H2,1-5H3/t19-/m0/s1. The molecule has 0 unspecified atom stereocenters. The first-order valence-corrected chi connectivity index (χ1v) is 11.3. The molecule has 1 atom stereocenters. The highest BCUT2D eigenvalue weighted by Crippen LogP contribution is 2.26. The van der Waals surface area contributed by atoms with Gasteiger partial charge in [-0.05, 0) is 51.3 Å². The van der Waals surface area contributed by atoms with Crippen LogP contribution in [0, 0.1) is 39.0 Å². The average Bonchev–Trinajstić information content (AvgIpc) is 2.91. The van der Waals surface area contributed by atoms with Gasteiger partial charge in [0, 0.05) is 29.2 Å². The molecule has 152 valence electrons. The fourth-order valence-corrected chi connectivity index (χ4v) is 5.91. The van der Waals surface area contributed by atoms with Crippen LogP contribution < -0.4 is 4.72 Å². The Morgan fingerprint density at radius 1 is 1.10 bits per heavy atom. The van der Waals surface area contributed by atoms with Crippen LogP contribution in [0.1, 0.15) is 41.3 Å². The summed E-state index contributed by atoms with van der Waals surface area (Å²) in [5.74, 6) is 0. The molecule has 0 amide bonds. The fourth-order valence-electron chi connectivity index (χ4n) is 4.15. The lowest BCUT2D eigenvalue weighted by Crippen LogP contribution is -2.38. The van der Waals surface area contributed by atoms with Crippen molar-refractivity contribution < 1.29 is 8.42 Å². The molecule has 0 aliphatic carbocycles. The van der Waals surface area contributed by atoms with Gasteiger partial charge in [-0.15, -0.1) is 0 Å². The molecular formula is C23H27N3O2S. The van der Waals surface area contributed by atoms with E-state index < -0.39 is 10.0 Å². The predicted molar refractivity (Wildman–Crippen MR) is 116 cm³/mol. The maximum atomic E-state index is 13.2. The Morgan fingerprint density at radius 2 is 1.72 bits per heavy atom. The van der Waals surface area contributed by atoms with Crippen molar-refractivity contribution in [3.8, 4) is 6.07 Å². The van der Waals surface area contributed by atoms with Gasteiger partial charge in [0.1, 0.15) is 6.07 Å². The zero-order chi connectivity index (χ0) is 21.3. The number of nitriles is 1. The minimum Gasteiger partial charge on any atom is -0.342 e. The van der Waals surface area contributed by atoms with Crippen molar-refractivity contribution in [2.24, 2.45) is 0 Å². The number of rotatable bonds is 6. The highest BCUT2D eigenvalue weighted by Gasteiger charge is 2.24. The number of nitrogens with zero attached hydrogens (tertiary/aromatic N) is 2. The van der Waals surface area contributed by atoms with Crippen LogP contribution in [0.3, 0.4) is 0 Å². The Bertz CT molecular complexity index is 1190. The number of nitrogens with one attached hydrogen (secondary N) is 1. The summed E-state index contributed by atoms with van der Waals surface area (Å²) in [4.78, 5) is 0.355. The van der Waals surface area contributed by atoms with Gasteiger partial charge >= 0.3 is 0 Å². The van der Waals surface area contributed by atoms with Gasteiger partial charge in [0.15, 0.2) is 0 Å². The molecule has 2 aromatic carbocycles. The molecule has 0 spiro atoms. The van der Waals surface area contributed by atoms with E-state index in [1.165, 1.54) is 0 Å². The molecule has 0 bridgehead atoms. The Hall–Kier alpha value is -2.62. The number of para-hydroxylation sites is 1. The first kappa shape index (κ1) is 21.1. The van der Waals surface area contributed by atoms with Gasteiger partial charge in [0.05, 0.1) is 10.5 Å². The lowest BCUT2D eigenvalue weighted by molar-refractivity contribution is 0.487. The van der Waals surface area contributed by atoms with Crippen molar-refractivity contribution in [3.05, 3.63) is 64.3 Å². The van der Waals surface area contributed by atoms with E-state index in [0.717, 1.165) is 33.3 Å². The Morgan fingerprint density at radius 3 is 2.31 bits per heavy atom. The molecule has 0 fully saturated rings. The molecule has 6 heteroatoms. The van der Waals surface area contributed by atoms with Crippen molar-refractivity contribution in [1.82, 2.24) is 9.29 Å². The largest absolute Gasteiger partial charge is 0.342 e. The second-order valence-corrected chi connectivity index (χ2v) is 9.31. The lowest BCUT2D eigenvalue weighted by atomic mass is 10.1. The summed E-state index contributed by atoms with van der Waals surface area (Å²) < 4.78 is 31.3. The zero-order valence-electron chi connectivity index (χ0n) is 17.6. The fraction of sp³-hybridized carbons (Fsp3) is 0.348. The first-order valence-electron chi connectivity index (χ1n) is 9.77. The van der Waals surface area contributed by atoms with E-state index in [2.05, 4.69) is 10.8 Å². The van der Waals surface area contributed by atoms with Crippen molar-refractivity contribution in [2.45, 2.75) is 58.5 Å². The Kier molecular flexibility index (Phi) is 5.83. The van der Waals surface area contributed by atoms with Crippen molar-refractivity contribution in [3.63, 3.8) is 0 Å². The Balaban J connectivity index is 1.98. The van der Waals surface area contributed by atoms with Crippen LogP contribution in [0.4, 0.5) is 0 Å². The van der Waals surface area contributed by atoms with E-state index in [1.54, 1.807) is 0 Å². The van der Waals surface area contributed by atoms with E-state index in [4.69, 9.17) is 0 Å². The van der Waals surface area contributed by atoms with Crippen molar-refractivity contribution in [1.29, 1.82) is 5.26 Å². The smallest absolute Gasteiger partial charge is 0.241 e. The third kappa shape index (κ3) is 3.93. The summed E-state index contributed by atoms with van der Waals surface area (Å²) in [6, 6.07) is 13.5.